The minimum atomic E-state index is -0.968. The van der Waals surface area contributed by atoms with Crippen LogP contribution in [0.15, 0.2) is 84.9 Å². The quantitative estimate of drug-likeness (QED) is 0.158. The maximum Gasteiger partial charge on any atom is 0.305 e. The Morgan fingerprint density at radius 2 is 1.68 bits per heavy atom. The van der Waals surface area contributed by atoms with Gasteiger partial charge in [-0.05, 0) is 90.2 Å². The molecule has 7 nitrogen and oxygen atoms in total. The molecule has 226 valence electrons. The lowest BCUT2D eigenvalue weighted by molar-refractivity contribution is -0.136. The molecule has 44 heavy (non-hydrogen) atoms. The van der Waals surface area contributed by atoms with Gasteiger partial charge in [0.05, 0.1) is 25.2 Å². The minimum absolute atomic E-state index is 0.0591. The van der Waals surface area contributed by atoms with Crippen LogP contribution < -0.4 is 14.8 Å². The second-order valence-electron chi connectivity index (χ2n) is 10.5. The number of nitrogens with zero attached hydrogens (tertiary/aromatic N) is 1. The predicted molar refractivity (Wildman–Crippen MR) is 171 cm³/mol. The lowest BCUT2D eigenvalue weighted by atomic mass is 9.85. The van der Waals surface area contributed by atoms with Crippen molar-refractivity contribution < 1.29 is 24.2 Å². The van der Waals surface area contributed by atoms with Crippen LogP contribution in [0.5, 0.6) is 11.5 Å². The van der Waals surface area contributed by atoms with Gasteiger partial charge in [0, 0.05) is 28.6 Å². The largest absolute Gasteiger partial charge is 0.496 e. The van der Waals surface area contributed by atoms with Crippen LogP contribution in [-0.2, 0) is 4.79 Å². The van der Waals surface area contributed by atoms with Gasteiger partial charge in [-0.1, -0.05) is 55.3 Å². The molecule has 0 radical (unpaired) electrons. The van der Waals surface area contributed by atoms with Crippen molar-refractivity contribution in [1.29, 1.82) is 5.26 Å². The van der Waals surface area contributed by atoms with Crippen molar-refractivity contribution in [1.82, 2.24) is 5.32 Å². The van der Waals surface area contributed by atoms with E-state index in [-0.39, 0.29) is 24.8 Å². The molecule has 4 aromatic carbocycles. The highest BCUT2D eigenvalue weighted by molar-refractivity contribution is 6.30. The zero-order chi connectivity index (χ0) is 31.6. The number of hydrogen-bond donors (Lipinski definition) is 2. The number of aryl methyl sites for hydroxylation is 1. The molecule has 0 aliphatic carbocycles. The Labute approximate surface area is 263 Å². The summed E-state index contributed by atoms with van der Waals surface area (Å²) < 4.78 is 12.2. The molecule has 4 rings (SSSR count). The first-order valence-electron chi connectivity index (χ1n) is 14.4. The highest BCUT2D eigenvalue weighted by Gasteiger charge is 2.27. The number of benzene rings is 4. The second-order valence-corrected chi connectivity index (χ2v) is 10.9. The van der Waals surface area contributed by atoms with Crippen molar-refractivity contribution in [3.05, 3.63) is 118 Å². The van der Waals surface area contributed by atoms with Gasteiger partial charge in [-0.15, -0.1) is 0 Å². The number of aliphatic carboxylic acids is 1. The zero-order valence-corrected chi connectivity index (χ0v) is 25.7. The molecule has 1 amide bonds. The van der Waals surface area contributed by atoms with Crippen LogP contribution in [0.4, 0.5) is 0 Å². The fourth-order valence-electron chi connectivity index (χ4n) is 5.23. The number of ether oxygens (including phenoxy) is 2. The summed E-state index contributed by atoms with van der Waals surface area (Å²) in [6, 6.07) is 28.5. The lowest BCUT2D eigenvalue weighted by Gasteiger charge is -2.29. The molecule has 4 aromatic rings. The number of carbonyl (C=O) groups excluding carboxylic acids is 1. The Bertz CT molecular complexity index is 1650. The molecule has 0 aliphatic rings. The fourth-order valence-corrected chi connectivity index (χ4v) is 5.36. The molecule has 0 unspecified atom stereocenters. The van der Waals surface area contributed by atoms with Crippen LogP contribution in [0.1, 0.15) is 70.8 Å². The first kappa shape index (κ1) is 32.1. The third-order valence-electron chi connectivity index (χ3n) is 7.47. The van der Waals surface area contributed by atoms with Gasteiger partial charge in [0.1, 0.15) is 17.6 Å². The van der Waals surface area contributed by atoms with Gasteiger partial charge in [0.25, 0.3) is 5.91 Å². The number of nitrogens with one attached hydrogen (secondary N) is 1. The minimum Gasteiger partial charge on any atom is -0.496 e. The normalized spacial score (nSPS) is 12.1. The third-order valence-corrected chi connectivity index (χ3v) is 7.72. The summed E-state index contributed by atoms with van der Waals surface area (Å²) in [5, 5.41) is 22.0. The van der Waals surface area contributed by atoms with Crippen LogP contribution in [0.3, 0.4) is 0 Å². The molecule has 2 atom stereocenters. The lowest BCUT2D eigenvalue weighted by Crippen LogP contribution is -2.26. The van der Waals surface area contributed by atoms with Gasteiger partial charge in [-0.2, -0.15) is 5.26 Å². The fraction of sp³-hybridized carbons (Fsp3) is 0.250. The Hall–Kier alpha value is -4.80. The van der Waals surface area contributed by atoms with Gasteiger partial charge in [-0.25, -0.2) is 0 Å². The summed E-state index contributed by atoms with van der Waals surface area (Å²) in [5.74, 6) is 0.0169. The number of amides is 1. The summed E-state index contributed by atoms with van der Waals surface area (Å²) in [4.78, 5) is 23.3. The average Bonchev–Trinajstić information content (AvgIpc) is 3.03. The Morgan fingerprint density at radius 3 is 2.30 bits per heavy atom. The SMILES string of the molecule is CCC[C@H](c1ccc(C(=O)NCCC(=O)O)cc1)[C@@H](Oc1ccc(C#N)c(-c2ccc(OC)c(C)c2)c1)c1ccc(Cl)cc1. The van der Waals surface area contributed by atoms with Gasteiger partial charge in [-0.3, -0.25) is 9.59 Å². The molecule has 0 aliphatic heterocycles. The van der Waals surface area contributed by atoms with Crippen molar-refractivity contribution in [2.45, 2.75) is 45.1 Å². The topological polar surface area (TPSA) is 109 Å². The van der Waals surface area contributed by atoms with E-state index in [1.54, 1.807) is 25.3 Å². The molecule has 0 heterocycles. The van der Waals surface area contributed by atoms with Gasteiger partial charge >= 0.3 is 5.97 Å². The summed E-state index contributed by atoms with van der Waals surface area (Å²) in [6.07, 6.45) is 1.15. The highest BCUT2D eigenvalue weighted by atomic mass is 35.5. The smallest absolute Gasteiger partial charge is 0.305 e. The molecule has 8 heteroatoms. The van der Waals surface area contributed by atoms with Crippen molar-refractivity contribution in [2.24, 2.45) is 0 Å². The summed E-state index contributed by atoms with van der Waals surface area (Å²) in [7, 11) is 1.63. The molecule has 2 N–H and O–H groups in total. The number of hydrogen-bond acceptors (Lipinski definition) is 5. The number of carboxylic acid groups (broad SMARTS) is 1. The van der Waals surface area contributed by atoms with Crippen molar-refractivity contribution in [3.8, 4) is 28.7 Å². The van der Waals surface area contributed by atoms with E-state index < -0.39 is 12.1 Å². The van der Waals surface area contributed by atoms with E-state index >= 15 is 0 Å². The number of methoxy groups -OCH3 is 1. The van der Waals surface area contributed by atoms with Crippen LogP contribution in [0, 0.1) is 18.3 Å². The van der Waals surface area contributed by atoms with Crippen molar-refractivity contribution >= 4 is 23.5 Å². The summed E-state index contributed by atoms with van der Waals surface area (Å²) >= 11 is 6.24. The Morgan fingerprint density at radius 1 is 0.977 bits per heavy atom. The summed E-state index contributed by atoms with van der Waals surface area (Å²) in [6.45, 7) is 4.14. The second kappa shape index (κ2) is 15.1. The molecule has 0 saturated carbocycles. The van der Waals surface area contributed by atoms with Crippen LogP contribution in [-0.4, -0.2) is 30.6 Å². The number of carbonyl (C=O) groups is 2. The number of halogens is 1. The van der Waals surface area contributed by atoms with E-state index in [1.807, 2.05) is 73.7 Å². The molecule has 0 fully saturated rings. The van der Waals surface area contributed by atoms with E-state index in [1.165, 1.54) is 0 Å². The number of nitriles is 1. The van der Waals surface area contributed by atoms with Gasteiger partial charge < -0.3 is 19.9 Å². The first-order chi connectivity index (χ1) is 21.2. The van der Waals surface area contributed by atoms with Gasteiger partial charge in [0.2, 0.25) is 0 Å². The van der Waals surface area contributed by atoms with E-state index in [4.69, 9.17) is 26.2 Å². The zero-order valence-electron chi connectivity index (χ0n) is 25.0. The van der Waals surface area contributed by atoms with E-state index in [2.05, 4.69) is 18.3 Å². The molecular weight excluding hydrogens is 576 g/mol. The van der Waals surface area contributed by atoms with Gasteiger partial charge in [0.15, 0.2) is 0 Å². The van der Waals surface area contributed by atoms with E-state index in [0.717, 1.165) is 46.4 Å². The first-order valence-corrected chi connectivity index (χ1v) is 14.8. The molecule has 0 spiro atoms. The van der Waals surface area contributed by atoms with Crippen LogP contribution in [0.2, 0.25) is 5.02 Å². The Kier molecular flexibility index (Phi) is 11.0. The van der Waals surface area contributed by atoms with Crippen molar-refractivity contribution in [2.75, 3.05) is 13.7 Å². The molecule has 0 aromatic heterocycles. The van der Waals surface area contributed by atoms with Crippen LogP contribution in [0.25, 0.3) is 11.1 Å². The van der Waals surface area contributed by atoms with E-state index in [9.17, 15) is 14.9 Å². The molecule has 0 saturated heterocycles. The third kappa shape index (κ3) is 7.97. The molecule has 0 bridgehead atoms. The predicted octanol–water partition coefficient (Wildman–Crippen LogP) is 8.10. The Balaban J connectivity index is 1.70. The average molecular weight is 611 g/mol. The van der Waals surface area contributed by atoms with E-state index in [0.29, 0.717) is 21.9 Å². The molecular formula is C36H35ClN2O5. The number of carboxylic acids is 1. The maximum atomic E-state index is 12.5. The summed E-state index contributed by atoms with van der Waals surface area (Å²) in [5.41, 5.74) is 5.52. The van der Waals surface area contributed by atoms with Crippen molar-refractivity contribution in [3.63, 3.8) is 0 Å². The number of rotatable bonds is 13. The maximum absolute atomic E-state index is 12.5. The highest BCUT2D eigenvalue weighted by Crippen LogP contribution is 2.40. The standard InChI is InChI=1S/C36H35ClN2O5/c1-4-5-31(24-6-8-26(9-7-24)36(42)39-19-18-34(40)41)35(25-10-14-29(37)15-11-25)44-30-16-12-28(22-38)32(21-30)27-13-17-33(43-3)23(2)20-27/h6-17,20-21,31,35H,4-5,18-19H2,1-3H3,(H,39,42)(H,40,41)/t31-,35+/m1/s1. The monoisotopic (exact) mass is 610 g/mol. The van der Waals surface area contributed by atoms with Crippen LogP contribution >= 0.6 is 11.6 Å².